The van der Waals surface area contributed by atoms with E-state index < -0.39 is 0 Å². The van der Waals surface area contributed by atoms with E-state index in [2.05, 4.69) is 26.1 Å². The lowest BCUT2D eigenvalue weighted by Gasteiger charge is -2.31. The molecule has 1 N–H and O–H groups in total. The van der Waals surface area contributed by atoms with E-state index in [0.29, 0.717) is 0 Å². The maximum Gasteiger partial charge on any atom is 0.227 e. The summed E-state index contributed by atoms with van der Waals surface area (Å²) in [5.41, 5.74) is 1.94. The molecule has 0 spiro atoms. The van der Waals surface area contributed by atoms with Gasteiger partial charge in [-0.15, -0.1) is 0 Å². The molecule has 1 amide bonds. The molecule has 0 radical (unpaired) electrons. The third kappa shape index (κ3) is 4.65. The molecule has 0 aliphatic carbocycles. The Morgan fingerprint density at radius 2 is 1.71 bits per heavy atom. The second-order valence-electron chi connectivity index (χ2n) is 6.17. The minimum atomic E-state index is -0.206. The van der Waals surface area contributed by atoms with Crippen LogP contribution < -0.4 is 5.32 Å². The van der Waals surface area contributed by atoms with Gasteiger partial charge in [0.05, 0.1) is 0 Å². The van der Waals surface area contributed by atoms with Gasteiger partial charge in [-0.1, -0.05) is 28.1 Å². The molecule has 3 rings (SSSR count). The fourth-order valence-corrected chi connectivity index (χ4v) is 3.24. The number of carbonyl (C=O) groups excluding carboxylic acids is 1. The van der Waals surface area contributed by atoms with Gasteiger partial charge in [-0.25, -0.2) is 4.39 Å². The highest BCUT2D eigenvalue weighted by molar-refractivity contribution is 9.10. The highest BCUT2D eigenvalue weighted by Crippen LogP contribution is 2.22. The standard InChI is InChI=1S/C19H20BrFN2O/c20-16-3-7-18(8-4-16)22-19(24)15-9-11-23(12-10-15)13-14-1-5-17(21)6-2-14/h1-8,15H,9-13H2,(H,22,24). The van der Waals surface area contributed by atoms with Crippen LogP contribution in [-0.4, -0.2) is 23.9 Å². The molecule has 0 saturated carbocycles. The van der Waals surface area contributed by atoms with Crippen molar-refractivity contribution in [1.29, 1.82) is 0 Å². The molecule has 5 heteroatoms. The molecule has 2 aromatic carbocycles. The molecule has 0 atom stereocenters. The Hall–Kier alpha value is -1.72. The highest BCUT2D eigenvalue weighted by atomic mass is 79.9. The van der Waals surface area contributed by atoms with Gasteiger partial charge in [-0.05, 0) is 67.9 Å². The summed E-state index contributed by atoms with van der Waals surface area (Å²) in [6, 6.07) is 14.3. The van der Waals surface area contributed by atoms with Crippen LogP contribution in [0.4, 0.5) is 10.1 Å². The summed E-state index contributed by atoms with van der Waals surface area (Å²) in [5.74, 6) is -0.0565. The van der Waals surface area contributed by atoms with Gasteiger partial charge in [0, 0.05) is 22.6 Å². The average molecular weight is 391 g/mol. The molecule has 1 aliphatic rings. The van der Waals surface area contributed by atoms with E-state index in [-0.39, 0.29) is 17.6 Å². The van der Waals surface area contributed by atoms with Crippen molar-refractivity contribution in [2.45, 2.75) is 19.4 Å². The lowest BCUT2D eigenvalue weighted by atomic mass is 9.95. The van der Waals surface area contributed by atoms with Crippen molar-refractivity contribution in [3.63, 3.8) is 0 Å². The Kier molecular flexibility index (Phi) is 5.63. The normalized spacial score (nSPS) is 16.1. The van der Waals surface area contributed by atoms with Crippen LogP contribution in [0.3, 0.4) is 0 Å². The van der Waals surface area contributed by atoms with Gasteiger partial charge < -0.3 is 5.32 Å². The molecule has 24 heavy (non-hydrogen) atoms. The fraction of sp³-hybridized carbons (Fsp3) is 0.316. The van der Waals surface area contributed by atoms with Gasteiger partial charge in [0.25, 0.3) is 0 Å². The van der Waals surface area contributed by atoms with Gasteiger partial charge in [-0.2, -0.15) is 0 Å². The predicted octanol–water partition coefficient (Wildman–Crippen LogP) is 4.44. The Morgan fingerprint density at radius 1 is 1.08 bits per heavy atom. The number of nitrogens with zero attached hydrogens (tertiary/aromatic N) is 1. The van der Waals surface area contributed by atoms with Crippen LogP contribution in [0, 0.1) is 11.7 Å². The molecule has 1 aliphatic heterocycles. The number of likely N-dealkylation sites (tertiary alicyclic amines) is 1. The summed E-state index contributed by atoms with van der Waals surface area (Å²) in [4.78, 5) is 14.7. The first-order valence-corrected chi connectivity index (χ1v) is 8.93. The molecule has 1 saturated heterocycles. The number of nitrogens with one attached hydrogen (secondary N) is 1. The smallest absolute Gasteiger partial charge is 0.227 e. The quantitative estimate of drug-likeness (QED) is 0.836. The molecule has 3 nitrogen and oxygen atoms in total. The second-order valence-corrected chi connectivity index (χ2v) is 7.09. The van der Waals surface area contributed by atoms with Crippen molar-refractivity contribution >= 4 is 27.5 Å². The zero-order chi connectivity index (χ0) is 16.9. The Bertz CT molecular complexity index is 680. The summed E-state index contributed by atoms with van der Waals surface area (Å²) in [6.45, 7) is 2.58. The number of halogens is 2. The molecule has 1 fully saturated rings. The minimum Gasteiger partial charge on any atom is -0.326 e. The number of hydrogen-bond acceptors (Lipinski definition) is 2. The third-order valence-corrected chi connectivity index (χ3v) is 4.92. The molecular weight excluding hydrogens is 371 g/mol. The summed E-state index contributed by atoms with van der Waals surface area (Å²) < 4.78 is 13.9. The summed E-state index contributed by atoms with van der Waals surface area (Å²) in [6.07, 6.45) is 1.70. The molecule has 0 unspecified atom stereocenters. The lowest BCUT2D eigenvalue weighted by Crippen LogP contribution is -2.37. The van der Waals surface area contributed by atoms with Gasteiger partial charge in [0.15, 0.2) is 0 Å². The molecule has 0 aromatic heterocycles. The zero-order valence-corrected chi connectivity index (χ0v) is 14.9. The monoisotopic (exact) mass is 390 g/mol. The van der Waals surface area contributed by atoms with E-state index >= 15 is 0 Å². The summed E-state index contributed by atoms with van der Waals surface area (Å²) in [5, 5.41) is 2.99. The summed E-state index contributed by atoms with van der Waals surface area (Å²) >= 11 is 3.39. The molecule has 126 valence electrons. The SMILES string of the molecule is O=C(Nc1ccc(Br)cc1)C1CCN(Cc2ccc(F)cc2)CC1. The average Bonchev–Trinajstić information content (AvgIpc) is 2.59. The van der Waals surface area contributed by atoms with E-state index in [1.807, 2.05) is 36.4 Å². The number of rotatable bonds is 4. The van der Waals surface area contributed by atoms with E-state index in [0.717, 1.165) is 48.2 Å². The third-order valence-electron chi connectivity index (χ3n) is 4.39. The second kappa shape index (κ2) is 7.90. The van der Waals surface area contributed by atoms with Crippen LogP contribution in [0.25, 0.3) is 0 Å². The molecule has 2 aromatic rings. The first-order valence-electron chi connectivity index (χ1n) is 8.13. The minimum absolute atomic E-state index is 0.0538. The molecule has 1 heterocycles. The van der Waals surface area contributed by atoms with Crippen molar-refractivity contribution in [2.24, 2.45) is 5.92 Å². The predicted molar refractivity (Wildman–Crippen MR) is 97.2 cm³/mol. The van der Waals surface area contributed by atoms with E-state index in [9.17, 15) is 9.18 Å². The van der Waals surface area contributed by atoms with Gasteiger partial charge in [0.1, 0.15) is 5.82 Å². The Balaban J connectivity index is 1.48. The Labute approximate surface area is 150 Å². The van der Waals surface area contributed by atoms with Crippen molar-refractivity contribution in [3.05, 3.63) is 64.4 Å². The number of piperidine rings is 1. The Morgan fingerprint density at radius 3 is 2.33 bits per heavy atom. The number of amides is 1. The maximum absolute atomic E-state index is 12.9. The van der Waals surface area contributed by atoms with E-state index in [1.54, 1.807) is 0 Å². The molecule has 0 bridgehead atoms. The van der Waals surface area contributed by atoms with E-state index in [4.69, 9.17) is 0 Å². The van der Waals surface area contributed by atoms with Gasteiger partial charge in [-0.3, -0.25) is 9.69 Å². The first kappa shape index (κ1) is 17.1. The van der Waals surface area contributed by atoms with Crippen molar-refractivity contribution in [1.82, 2.24) is 4.90 Å². The maximum atomic E-state index is 12.9. The van der Waals surface area contributed by atoms with Gasteiger partial charge >= 0.3 is 0 Å². The van der Waals surface area contributed by atoms with Crippen LogP contribution in [0.5, 0.6) is 0 Å². The zero-order valence-electron chi connectivity index (χ0n) is 13.3. The van der Waals surface area contributed by atoms with Crippen molar-refractivity contribution < 1.29 is 9.18 Å². The number of hydrogen-bond donors (Lipinski definition) is 1. The van der Waals surface area contributed by atoms with Crippen LogP contribution in [0.2, 0.25) is 0 Å². The topological polar surface area (TPSA) is 32.3 Å². The van der Waals surface area contributed by atoms with Crippen molar-refractivity contribution in [2.75, 3.05) is 18.4 Å². The largest absolute Gasteiger partial charge is 0.326 e. The van der Waals surface area contributed by atoms with E-state index in [1.165, 1.54) is 12.1 Å². The van der Waals surface area contributed by atoms with Crippen LogP contribution >= 0.6 is 15.9 Å². The highest BCUT2D eigenvalue weighted by Gasteiger charge is 2.25. The molecular formula is C19H20BrFN2O. The van der Waals surface area contributed by atoms with Crippen LogP contribution in [0.15, 0.2) is 53.0 Å². The fourth-order valence-electron chi connectivity index (χ4n) is 2.98. The summed E-state index contributed by atoms with van der Waals surface area (Å²) in [7, 11) is 0. The van der Waals surface area contributed by atoms with Gasteiger partial charge in [0.2, 0.25) is 5.91 Å². The van der Waals surface area contributed by atoms with Crippen LogP contribution in [0.1, 0.15) is 18.4 Å². The van der Waals surface area contributed by atoms with Crippen molar-refractivity contribution in [3.8, 4) is 0 Å². The number of carbonyl (C=O) groups is 1. The first-order chi connectivity index (χ1) is 11.6. The lowest BCUT2D eigenvalue weighted by molar-refractivity contribution is -0.121. The van der Waals surface area contributed by atoms with Crippen LogP contribution in [-0.2, 0) is 11.3 Å². The number of benzene rings is 2. The number of anilines is 1.